The van der Waals surface area contributed by atoms with Gasteiger partial charge < -0.3 is 5.32 Å². The lowest BCUT2D eigenvalue weighted by Gasteiger charge is -2.11. The van der Waals surface area contributed by atoms with E-state index in [9.17, 15) is 8.42 Å². The van der Waals surface area contributed by atoms with Crippen LogP contribution in [0.25, 0.3) is 0 Å². The van der Waals surface area contributed by atoms with Gasteiger partial charge in [-0.25, -0.2) is 13.1 Å². The van der Waals surface area contributed by atoms with Crippen LogP contribution in [0.2, 0.25) is 0 Å². The van der Waals surface area contributed by atoms with E-state index in [1.54, 1.807) is 12.1 Å². The van der Waals surface area contributed by atoms with Crippen molar-refractivity contribution in [3.8, 4) is 0 Å². The number of benzene rings is 1. The maximum Gasteiger partial charge on any atom is 0.240 e. The third-order valence-electron chi connectivity index (χ3n) is 4.44. The van der Waals surface area contributed by atoms with Crippen molar-refractivity contribution in [1.29, 1.82) is 0 Å². The second-order valence-electron chi connectivity index (χ2n) is 6.30. The molecule has 0 spiro atoms. The minimum Gasteiger partial charge on any atom is -0.310 e. The predicted molar refractivity (Wildman–Crippen MR) is 83.5 cm³/mol. The van der Waals surface area contributed by atoms with E-state index < -0.39 is 10.0 Å². The third kappa shape index (κ3) is 4.28. The number of nitrogens with one attached hydrogen (secondary N) is 2. The molecule has 116 valence electrons. The lowest BCUT2D eigenvalue weighted by molar-refractivity contribution is 0.519. The summed E-state index contributed by atoms with van der Waals surface area (Å²) in [5, 5.41) is 3.43. The van der Waals surface area contributed by atoms with Crippen molar-refractivity contribution in [2.75, 3.05) is 6.54 Å². The summed E-state index contributed by atoms with van der Waals surface area (Å²) in [6.45, 7) is 1.40. The van der Waals surface area contributed by atoms with Crippen molar-refractivity contribution >= 4 is 10.0 Å². The van der Waals surface area contributed by atoms with E-state index in [-0.39, 0.29) is 0 Å². The fourth-order valence-corrected chi connectivity index (χ4v) is 3.98. The average Bonchev–Trinajstić information content (AvgIpc) is 3.17. The second-order valence-corrected chi connectivity index (χ2v) is 8.07. The van der Waals surface area contributed by atoms with Gasteiger partial charge in [0.2, 0.25) is 10.0 Å². The van der Waals surface area contributed by atoms with Gasteiger partial charge in [0.15, 0.2) is 0 Å². The van der Waals surface area contributed by atoms with E-state index in [1.807, 2.05) is 12.1 Å². The lowest BCUT2D eigenvalue weighted by atomic mass is 10.1. The summed E-state index contributed by atoms with van der Waals surface area (Å²) in [5.74, 6) is 0.516. The van der Waals surface area contributed by atoms with E-state index in [1.165, 1.54) is 25.7 Å². The quantitative estimate of drug-likeness (QED) is 0.813. The molecule has 1 aromatic rings. The normalized spacial score (nSPS) is 20.0. The highest BCUT2D eigenvalue weighted by Gasteiger charge is 2.21. The van der Waals surface area contributed by atoms with Crippen LogP contribution in [0.5, 0.6) is 0 Å². The minimum atomic E-state index is -3.35. The molecule has 2 aliphatic rings. The van der Waals surface area contributed by atoms with Gasteiger partial charge in [0.1, 0.15) is 0 Å². The first-order valence-electron chi connectivity index (χ1n) is 7.95. The molecule has 2 fully saturated rings. The van der Waals surface area contributed by atoms with Crippen LogP contribution >= 0.6 is 0 Å². The van der Waals surface area contributed by atoms with E-state index in [0.29, 0.717) is 23.4 Å². The fraction of sp³-hybridized carbons (Fsp3) is 0.625. The Bertz CT molecular complexity index is 558. The van der Waals surface area contributed by atoms with Crippen LogP contribution in [0.1, 0.15) is 44.1 Å². The molecule has 0 bridgehead atoms. The van der Waals surface area contributed by atoms with Gasteiger partial charge in [0.25, 0.3) is 0 Å². The maximum atomic E-state index is 12.2. The number of rotatable bonds is 7. The van der Waals surface area contributed by atoms with Gasteiger partial charge >= 0.3 is 0 Å². The Balaban J connectivity index is 1.55. The first-order valence-corrected chi connectivity index (χ1v) is 9.44. The zero-order chi connectivity index (χ0) is 14.7. The third-order valence-corrected chi connectivity index (χ3v) is 5.88. The van der Waals surface area contributed by atoms with Gasteiger partial charge in [-0.15, -0.1) is 0 Å². The first kappa shape index (κ1) is 15.0. The molecule has 2 saturated carbocycles. The van der Waals surface area contributed by atoms with Crippen LogP contribution < -0.4 is 10.0 Å². The van der Waals surface area contributed by atoms with Crippen molar-refractivity contribution in [2.45, 2.75) is 56.0 Å². The smallest absolute Gasteiger partial charge is 0.240 e. The molecular formula is C16H24N2O2S. The standard InChI is InChI=1S/C16H24N2O2S/c19-21(20,18-12-13-3-1-2-4-13)16-9-5-14(6-10-16)11-17-15-7-8-15/h5-6,9-10,13,15,17-18H,1-4,7-8,11-12H2. The SMILES string of the molecule is O=S(=O)(NCC1CCCC1)c1ccc(CNC2CC2)cc1. The summed E-state index contributed by atoms with van der Waals surface area (Å²) in [5.41, 5.74) is 1.14. The Morgan fingerprint density at radius 3 is 2.29 bits per heavy atom. The Morgan fingerprint density at radius 2 is 1.67 bits per heavy atom. The average molecular weight is 308 g/mol. The zero-order valence-electron chi connectivity index (χ0n) is 12.3. The molecule has 2 N–H and O–H groups in total. The lowest BCUT2D eigenvalue weighted by Crippen LogP contribution is -2.28. The van der Waals surface area contributed by atoms with Gasteiger partial charge in [0.05, 0.1) is 4.90 Å². The van der Waals surface area contributed by atoms with E-state index in [4.69, 9.17) is 0 Å². The molecule has 0 atom stereocenters. The molecule has 0 amide bonds. The molecule has 0 aliphatic heterocycles. The summed E-state index contributed by atoms with van der Waals surface area (Å²) in [4.78, 5) is 0.371. The van der Waals surface area contributed by atoms with Gasteiger partial charge in [0, 0.05) is 19.1 Å². The molecular weight excluding hydrogens is 284 g/mol. The van der Waals surface area contributed by atoms with Crippen molar-refractivity contribution in [2.24, 2.45) is 5.92 Å². The van der Waals surface area contributed by atoms with Crippen LogP contribution in [0.15, 0.2) is 29.2 Å². The number of hydrogen-bond acceptors (Lipinski definition) is 3. The largest absolute Gasteiger partial charge is 0.310 e. The summed E-state index contributed by atoms with van der Waals surface area (Å²) in [6, 6.07) is 7.89. The van der Waals surface area contributed by atoms with Crippen LogP contribution in [0.3, 0.4) is 0 Å². The van der Waals surface area contributed by atoms with Gasteiger partial charge in [-0.3, -0.25) is 0 Å². The maximum absolute atomic E-state index is 12.2. The topological polar surface area (TPSA) is 58.2 Å². The highest BCUT2D eigenvalue weighted by Crippen LogP contribution is 2.24. The molecule has 5 heteroatoms. The molecule has 21 heavy (non-hydrogen) atoms. The Kier molecular flexibility index (Phi) is 4.62. The summed E-state index contributed by atoms with van der Waals surface area (Å²) < 4.78 is 27.3. The van der Waals surface area contributed by atoms with Crippen molar-refractivity contribution in [1.82, 2.24) is 10.0 Å². The van der Waals surface area contributed by atoms with Crippen LogP contribution in [0, 0.1) is 5.92 Å². The summed E-state index contributed by atoms with van der Waals surface area (Å²) >= 11 is 0. The number of hydrogen-bond donors (Lipinski definition) is 2. The monoisotopic (exact) mass is 308 g/mol. The Labute approximate surface area is 127 Å². The van der Waals surface area contributed by atoms with Crippen LogP contribution in [0.4, 0.5) is 0 Å². The van der Waals surface area contributed by atoms with E-state index in [0.717, 1.165) is 24.9 Å². The van der Waals surface area contributed by atoms with Gasteiger partial charge in [-0.05, 0) is 49.3 Å². The summed E-state index contributed by atoms with van der Waals surface area (Å²) in [7, 11) is -3.35. The first-order chi connectivity index (χ1) is 10.1. The molecule has 0 unspecified atom stereocenters. The van der Waals surface area contributed by atoms with Crippen LogP contribution in [-0.4, -0.2) is 21.0 Å². The van der Waals surface area contributed by atoms with E-state index >= 15 is 0 Å². The minimum absolute atomic E-state index is 0.371. The van der Waals surface area contributed by atoms with Crippen molar-refractivity contribution < 1.29 is 8.42 Å². The molecule has 0 heterocycles. The number of sulfonamides is 1. The van der Waals surface area contributed by atoms with Gasteiger partial charge in [-0.2, -0.15) is 0 Å². The molecule has 0 saturated heterocycles. The van der Waals surface area contributed by atoms with E-state index in [2.05, 4.69) is 10.0 Å². The Morgan fingerprint density at radius 1 is 1.00 bits per heavy atom. The molecule has 2 aliphatic carbocycles. The second kappa shape index (κ2) is 6.46. The van der Waals surface area contributed by atoms with Crippen molar-refractivity contribution in [3.63, 3.8) is 0 Å². The predicted octanol–water partition coefficient (Wildman–Crippen LogP) is 2.41. The van der Waals surface area contributed by atoms with Crippen LogP contribution in [-0.2, 0) is 16.6 Å². The fourth-order valence-electron chi connectivity index (χ4n) is 2.86. The summed E-state index contributed by atoms with van der Waals surface area (Å²) in [6.07, 6.45) is 7.28. The molecule has 1 aromatic carbocycles. The highest BCUT2D eigenvalue weighted by atomic mass is 32.2. The molecule has 0 aromatic heterocycles. The Hall–Kier alpha value is -0.910. The van der Waals surface area contributed by atoms with Gasteiger partial charge in [-0.1, -0.05) is 25.0 Å². The molecule has 4 nitrogen and oxygen atoms in total. The van der Waals surface area contributed by atoms with Crippen molar-refractivity contribution in [3.05, 3.63) is 29.8 Å². The molecule has 3 rings (SSSR count). The zero-order valence-corrected chi connectivity index (χ0v) is 13.2. The molecule has 0 radical (unpaired) electrons. The highest BCUT2D eigenvalue weighted by molar-refractivity contribution is 7.89.